The Bertz CT molecular complexity index is 1210. The average molecular weight is 478 g/mol. The predicted octanol–water partition coefficient (Wildman–Crippen LogP) is 5.52. The van der Waals surface area contributed by atoms with Gasteiger partial charge in [-0.05, 0) is 48.4 Å². The Morgan fingerprint density at radius 3 is 2.70 bits per heavy atom. The molecule has 0 spiro atoms. The molecule has 0 radical (unpaired) electrons. The van der Waals surface area contributed by atoms with Crippen LogP contribution >= 0.6 is 23.1 Å². The third-order valence-corrected chi connectivity index (χ3v) is 6.69. The normalized spacial score (nSPS) is 11.1. The van der Waals surface area contributed by atoms with Crippen molar-refractivity contribution in [3.05, 3.63) is 83.9 Å². The standard InChI is InChI=1S/C25H23N3O3S2/c1-2-30-22-14-19(12-13-21(22)31-16-18-8-4-3-5-9-18)15-26-28-24(29)17-32-25-27-20-10-6-7-11-23(20)33-25/h3-15H,2,16-17H2,1H3,(H,28,29)/b26-15+. The number of benzene rings is 3. The van der Waals surface area contributed by atoms with Gasteiger partial charge in [-0.3, -0.25) is 4.79 Å². The van der Waals surface area contributed by atoms with E-state index in [9.17, 15) is 4.79 Å². The van der Waals surface area contributed by atoms with Crippen molar-refractivity contribution < 1.29 is 14.3 Å². The first kappa shape index (κ1) is 22.8. The number of nitrogens with one attached hydrogen (secondary N) is 1. The highest BCUT2D eigenvalue weighted by atomic mass is 32.2. The number of hydrogen-bond donors (Lipinski definition) is 1. The fourth-order valence-corrected chi connectivity index (χ4v) is 4.84. The van der Waals surface area contributed by atoms with Crippen LogP contribution in [0, 0.1) is 0 Å². The highest BCUT2D eigenvalue weighted by Crippen LogP contribution is 2.30. The molecule has 4 aromatic rings. The molecule has 0 aliphatic heterocycles. The summed E-state index contributed by atoms with van der Waals surface area (Å²) in [6, 6.07) is 23.4. The number of hydrogen-bond acceptors (Lipinski definition) is 7. The Morgan fingerprint density at radius 1 is 1.06 bits per heavy atom. The summed E-state index contributed by atoms with van der Waals surface area (Å²) >= 11 is 2.98. The molecule has 33 heavy (non-hydrogen) atoms. The highest BCUT2D eigenvalue weighted by molar-refractivity contribution is 8.01. The molecular weight excluding hydrogens is 454 g/mol. The quantitative estimate of drug-likeness (QED) is 0.185. The smallest absolute Gasteiger partial charge is 0.250 e. The summed E-state index contributed by atoms with van der Waals surface area (Å²) in [5.41, 5.74) is 5.39. The number of amides is 1. The predicted molar refractivity (Wildman–Crippen MR) is 134 cm³/mol. The van der Waals surface area contributed by atoms with Crippen molar-refractivity contribution in [2.75, 3.05) is 12.4 Å². The first-order valence-electron chi connectivity index (χ1n) is 10.4. The molecule has 0 fully saturated rings. The molecule has 3 aromatic carbocycles. The fraction of sp³-hybridized carbons (Fsp3) is 0.160. The van der Waals surface area contributed by atoms with Crippen molar-refractivity contribution in [2.24, 2.45) is 5.10 Å². The van der Waals surface area contributed by atoms with Crippen LogP contribution < -0.4 is 14.9 Å². The van der Waals surface area contributed by atoms with E-state index in [0.29, 0.717) is 24.7 Å². The summed E-state index contributed by atoms with van der Waals surface area (Å²) in [5.74, 6) is 1.35. The van der Waals surface area contributed by atoms with E-state index < -0.39 is 0 Å². The largest absolute Gasteiger partial charge is 0.490 e. The molecule has 1 aromatic heterocycles. The molecule has 1 heterocycles. The molecule has 168 valence electrons. The van der Waals surface area contributed by atoms with E-state index in [1.807, 2.05) is 79.7 Å². The van der Waals surface area contributed by atoms with E-state index in [1.54, 1.807) is 17.6 Å². The monoisotopic (exact) mass is 477 g/mol. The van der Waals surface area contributed by atoms with Gasteiger partial charge < -0.3 is 9.47 Å². The van der Waals surface area contributed by atoms with Gasteiger partial charge in [-0.2, -0.15) is 5.10 Å². The van der Waals surface area contributed by atoms with E-state index >= 15 is 0 Å². The molecule has 4 rings (SSSR count). The Labute approximate surface area is 200 Å². The first-order valence-corrected chi connectivity index (χ1v) is 12.3. The van der Waals surface area contributed by atoms with Crippen LogP contribution in [0.1, 0.15) is 18.1 Å². The summed E-state index contributed by atoms with van der Waals surface area (Å²) in [5, 5.41) is 4.07. The van der Waals surface area contributed by atoms with Gasteiger partial charge in [-0.15, -0.1) is 11.3 Å². The first-order chi connectivity index (χ1) is 16.2. The van der Waals surface area contributed by atoms with Crippen molar-refractivity contribution in [1.29, 1.82) is 0 Å². The van der Waals surface area contributed by atoms with Gasteiger partial charge in [0.1, 0.15) is 6.61 Å². The molecule has 0 atom stereocenters. The molecule has 0 saturated carbocycles. The Morgan fingerprint density at radius 2 is 1.88 bits per heavy atom. The number of aromatic nitrogens is 1. The van der Waals surface area contributed by atoms with Gasteiger partial charge >= 0.3 is 0 Å². The molecule has 1 N–H and O–H groups in total. The van der Waals surface area contributed by atoms with E-state index in [2.05, 4.69) is 15.5 Å². The van der Waals surface area contributed by atoms with Crippen molar-refractivity contribution in [2.45, 2.75) is 17.9 Å². The number of para-hydroxylation sites is 1. The lowest BCUT2D eigenvalue weighted by Crippen LogP contribution is -2.19. The zero-order chi connectivity index (χ0) is 22.9. The molecular formula is C25H23N3O3S2. The van der Waals surface area contributed by atoms with Crippen molar-refractivity contribution in [3.8, 4) is 11.5 Å². The van der Waals surface area contributed by atoms with Gasteiger partial charge in [0, 0.05) is 0 Å². The molecule has 0 saturated heterocycles. The number of carbonyl (C=O) groups excluding carboxylic acids is 1. The van der Waals surface area contributed by atoms with Crippen LogP contribution in [-0.2, 0) is 11.4 Å². The number of hydrazone groups is 1. The lowest BCUT2D eigenvalue weighted by atomic mass is 10.2. The van der Waals surface area contributed by atoms with Crippen molar-refractivity contribution in [1.82, 2.24) is 10.4 Å². The fourth-order valence-electron chi connectivity index (χ4n) is 2.98. The zero-order valence-electron chi connectivity index (χ0n) is 18.1. The van der Waals surface area contributed by atoms with Crippen molar-refractivity contribution in [3.63, 3.8) is 0 Å². The number of thiazole rings is 1. The number of carbonyl (C=O) groups is 1. The Kier molecular flexibility index (Phi) is 7.94. The second kappa shape index (κ2) is 11.5. The molecule has 0 unspecified atom stereocenters. The summed E-state index contributed by atoms with van der Waals surface area (Å²) in [7, 11) is 0. The lowest BCUT2D eigenvalue weighted by molar-refractivity contribution is -0.118. The summed E-state index contributed by atoms with van der Waals surface area (Å²) < 4.78 is 13.6. The van der Waals surface area contributed by atoms with Gasteiger partial charge in [0.2, 0.25) is 0 Å². The minimum atomic E-state index is -0.191. The van der Waals surface area contributed by atoms with E-state index in [-0.39, 0.29) is 11.7 Å². The van der Waals surface area contributed by atoms with Crippen LogP contribution in [0.4, 0.5) is 0 Å². The third-order valence-electron chi connectivity index (χ3n) is 4.51. The van der Waals surface area contributed by atoms with Crippen LogP contribution in [0.5, 0.6) is 11.5 Å². The van der Waals surface area contributed by atoms with E-state index in [4.69, 9.17) is 9.47 Å². The maximum atomic E-state index is 12.2. The van der Waals surface area contributed by atoms with Crippen molar-refractivity contribution >= 4 is 45.4 Å². The van der Waals surface area contributed by atoms with E-state index in [1.165, 1.54) is 11.8 Å². The van der Waals surface area contributed by atoms with Gasteiger partial charge in [0.25, 0.3) is 5.91 Å². The molecule has 1 amide bonds. The van der Waals surface area contributed by atoms with Crippen LogP contribution in [0.3, 0.4) is 0 Å². The molecule has 0 aliphatic rings. The maximum Gasteiger partial charge on any atom is 0.250 e. The van der Waals surface area contributed by atoms with Gasteiger partial charge in [-0.1, -0.05) is 54.2 Å². The summed E-state index contributed by atoms with van der Waals surface area (Å²) in [4.78, 5) is 16.7. The third kappa shape index (κ3) is 6.57. The lowest BCUT2D eigenvalue weighted by Gasteiger charge is -2.12. The number of nitrogens with zero attached hydrogens (tertiary/aromatic N) is 2. The zero-order valence-corrected chi connectivity index (χ0v) is 19.7. The Balaban J connectivity index is 1.30. The topological polar surface area (TPSA) is 72.8 Å². The average Bonchev–Trinajstić information content (AvgIpc) is 3.26. The Hall–Kier alpha value is -3.36. The number of fused-ring (bicyclic) bond motifs is 1. The second-order valence-corrected chi connectivity index (χ2v) is 9.20. The molecule has 6 nitrogen and oxygen atoms in total. The maximum absolute atomic E-state index is 12.2. The second-order valence-electron chi connectivity index (χ2n) is 6.94. The van der Waals surface area contributed by atoms with E-state index in [0.717, 1.165) is 25.7 Å². The minimum absolute atomic E-state index is 0.191. The summed E-state index contributed by atoms with van der Waals surface area (Å²) in [6.45, 7) is 2.89. The van der Waals surface area contributed by atoms with Gasteiger partial charge in [0.15, 0.2) is 15.8 Å². The van der Waals surface area contributed by atoms with Gasteiger partial charge in [-0.25, -0.2) is 10.4 Å². The van der Waals surface area contributed by atoms with Crippen LogP contribution in [0.25, 0.3) is 10.2 Å². The van der Waals surface area contributed by atoms with Crippen LogP contribution in [0.2, 0.25) is 0 Å². The molecule has 0 bridgehead atoms. The molecule has 0 aliphatic carbocycles. The number of thioether (sulfide) groups is 1. The summed E-state index contributed by atoms with van der Waals surface area (Å²) in [6.07, 6.45) is 1.59. The van der Waals surface area contributed by atoms with Crippen LogP contribution in [0.15, 0.2) is 82.2 Å². The number of rotatable bonds is 10. The molecule has 8 heteroatoms. The highest BCUT2D eigenvalue weighted by Gasteiger charge is 2.08. The SMILES string of the molecule is CCOc1cc(/C=N/NC(=O)CSc2nc3ccccc3s2)ccc1OCc1ccccc1. The van der Waals surface area contributed by atoms with Crippen LogP contribution in [-0.4, -0.2) is 29.5 Å². The van der Waals surface area contributed by atoms with Gasteiger partial charge in [0.05, 0.1) is 28.8 Å². The minimum Gasteiger partial charge on any atom is -0.490 e. The number of ether oxygens (including phenoxy) is 2.